The van der Waals surface area contributed by atoms with Crippen molar-refractivity contribution < 1.29 is 9.59 Å². The van der Waals surface area contributed by atoms with E-state index in [0.29, 0.717) is 12.3 Å². The van der Waals surface area contributed by atoms with E-state index >= 15 is 0 Å². The lowest BCUT2D eigenvalue weighted by molar-refractivity contribution is -0.132. The molecule has 2 rings (SSSR count). The van der Waals surface area contributed by atoms with E-state index in [-0.39, 0.29) is 22.9 Å². The van der Waals surface area contributed by atoms with Crippen LogP contribution in [0.5, 0.6) is 0 Å². The molecular weight excluding hydrogens is 212 g/mol. The zero-order chi connectivity index (χ0) is 12.8. The number of carbonyl (C=O) groups is 2. The molecule has 2 heteroatoms. The van der Waals surface area contributed by atoms with Crippen LogP contribution in [0.3, 0.4) is 0 Å². The summed E-state index contributed by atoms with van der Waals surface area (Å²) in [6.07, 6.45) is 4.80. The SMILES string of the molecule is CC(C)=C1C[C@]2(C)[C@@H](C)C=CC(=O)[C@@H]2CC1=O. The monoisotopic (exact) mass is 232 g/mol. The average molecular weight is 232 g/mol. The highest BCUT2D eigenvalue weighted by Crippen LogP contribution is 2.50. The number of ketones is 2. The molecule has 17 heavy (non-hydrogen) atoms. The van der Waals surface area contributed by atoms with E-state index in [4.69, 9.17) is 0 Å². The van der Waals surface area contributed by atoms with Gasteiger partial charge in [0.2, 0.25) is 0 Å². The molecule has 92 valence electrons. The minimum absolute atomic E-state index is 0.0770. The number of fused-ring (bicyclic) bond motifs is 1. The summed E-state index contributed by atoms with van der Waals surface area (Å²) in [5, 5.41) is 0. The van der Waals surface area contributed by atoms with Crippen LogP contribution in [0.1, 0.15) is 40.5 Å². The fourth-order valence-corrected chi connectivity index (χ4v) is 3.08. The van der Waals surface area contributed by atoms with Gasteiger partial charge in [-0.1, -0.05) is 25.5 Å². The van der Waals surface area contributed by atoms with E-state index in [1.165, 1.54) is 0 Å². The first-order valence-electron chi connectivity index (χ1n) is 6.28. The van der Waals surface area contributed by atoms with Gasteiger partial charge < -0.3 is 0 Å². The predicted molar refractivity (Wildman–Crippen MR) is 67.5 cm³/mol. The molecule has 0 spiro atoms. The van der Waals surface area contributed by atoms with Gasteiger partial charge in [0.05, 0.1) is 0 Å². The smallest absolute Gasteiger partial charge is 0.159 e. The third kappa shape index (κ3) is 1.80. The maximum Gasteiger partial charge on any atom is 0.159 e. The molecule has 0 aromatic carbocycles. The van der Waals surface area contributed by atoms with Crippen LogP contribution in [0.15, 0.2) is 23.3 Å². The van der Waals surface area contributed by atoms with Crippen LogP contribution >= 0.6 is 0 Å². The lowest BCUT2D eigenvalue weighted by Crippen LogP contribution is -2.45. The first-order valence-corrected chi connectivity index (χ1v) is 6.28. The Hall–Kier alpha value is -1.18. The van der Waals surface area contributed by atoms with Crippen LogP contribution in [0.4, 0.5) is 0 Å². The third-order valence-corrected chi connectivity index (χ3v) is 4.62. The van der Waals surface area contributed by atoms with Crippen LogP contribution in [0, 0.1) is 17.3 Å². The minimum atomic E-state index is -0.113. The first kappa shape index (κ1) is 12.3. The molecule has 2 nitrogen and oxygen atoms in total. The average Bonchev–Trinajstić information content (AvgIpc) is 2.26. The van der Waals surface area contributed by atoms with Gasteiger partial charge in [0.25, 0.3) is 0 Å². The van der Waals surface area contributed by atoms with E-state index in [0.717, 1.165) is 17.6 Å². The van der Waals surface area contributed by atoms with Gasteiger partial charge in [-0.05, 0) is 43.3 Å². The largest absolute Gasteiger partial charge is 0.295 e. The summed E-state index contributed by atoms with van der Waals surface area (Å²) in [5.41, 5.74) is 1.97. The van der Waals surface area contributed by atoms with E-state index in [1.807, 2.05) is 19.9 Å². The summed E-state index contributed by atoms with van der Waals surface area (Å²) in [5.74, 6) is 0.542. The predicted octanol–water partition coefficient (Wildman–Crippen LogP) is 3.08. The van der Waals surface area contributed by atoms with Gasteiger partial charge in [-0.25, -0.2) is 0 Å². The van der Waals surface area contributed by atoms with Gasteiger partial charge in [0.15, 0.2) is 11.6 Å². The molecule has 3 atom stereocenters. The number of carbonyl (C=O) groups excluding carboxylic acids is 2. The lowest BCUT2D eigenvalue weighted by Gasteiger charge is -2.46. The van der Waals surface area contributed by atoms with Crippen molar-refractivity contribution >= 4 is 11.6 Å². The van der Waals surface area contributed by atoms with Crippen molar-refractivity contribution in [1.29, 1.82) is 0 Å². The van der Waals surface area contributed by atoms with Gasteiger partial charge in [-0.2, -0.15) is 0 Å². The van der Waals surface area contributed by atoms with Crippen molar-refractivity contribution in [3.05, 3.63) is 23.3 Å². The van der Waals surface area contributed by atoms with Crippen LogP contribution in [0.2, 0.25) is 0 Å². The van der Waals surface area contributed by atoms with Crippen molar-refractivity contribution in [3.8, 4) is 0 Å². The maximum absolute atomic E-state index is 12.1. The summed E-state index contributed by atoms with van der Waals surface area (Å²) in [4.78, 5) is 24.0. The third-order valence-electron chi connectivity index (χ3n) is 4.62. The Bertz CT molecular complexity index is 438. The molecule has 0 amide bonds. The highest BCUT2D eigenvalue weighted by molar-refractivity contribution is 6.03. The van der Waals surface area contributed by atoms with Gasteiger partial charge in [0.1, 0.15) is 0 Å². The number of hydrogen-bond donors (Lipinski definition) is 0. The summed E-state index contributed by atoms with van der Waals surface area (Å²) in [6, 6.07) is 0. The number of Topliss-reactive ketones (excluding diaryl/α,β-unsaturated/α-hetero) is 1. The fourth-order valence-electron chi connectivity index (χ4n) is 3.08. The lowest BCUT2D eigenvalue weighted by atomic mass is 9.56. The second-order valence-electron chi connectivity index (χ2n) is 5.89. The van der Waals surface area contributed by atoms with E-state index in [9.17, 15) is 9.59 Å². The fraction of sp³-hybridized carbons (Fsp3) is 0.600. The molecule has 0 aliphatic heterocycles. The summed E-state index contributed by atoms with van der Waals surface area (Å²) in [7, 11) is 0. The number of hydrogen-bond acceptors (Lipinski definition) is 2. The summed E-state index contributed by atoms with van der Waals surface area (Å²) < 4.78 is 0. The normalized spacial score (nSPS) is 37.1. The molecule has 0 aromatic rings. The highest BCUT2D eigenvalue weighted by atomic mass is 16.1. The Labute approximate surface area is 103 Å². The van der Waals surface area contributed by atoms with E-state index in [2.05, 4.69) is 13.8 Å². The Kier molecular flexibility index (Phi) is 2.84. The molecule has 1 saturated carbocycles. The second kappa shape index (κ2) is 3.94. The van der Waals surface area contributed by atoms with Gasteiger partial charge in [-0.3, -0.25) is 9.59 Å². The molecular formula is C15H20O2. The van der Waals surface area contributed by atoms with Crippen LogP contribution < -0.4 is 0 Å². The number of allylic oxidation sites excluding steroid dienone is 4. The zero-order valence-electron chi connectivity index (χ0n) is 11.0. The maximum atomic E-state index is 12.1. The van der Waals surface area contributed by atoms with Crippen molar-refractivity contribution in [2.45, 2.75) is 40.5 Å². The van der Waals surface area contributed by atoms with Crippen LogP contribution in [-0.4, -0.2) is 11.6 Å². The molecule has 0 bridgehead atoms. The van der Waals surface area contributed by atoms with Crippen molar-refractivity contribution in [1.82, 2.24) is 0 Å². The highest BCUT2D eigenvalue weighted by Gasteiger charge is 2.49. The van der Waals surface area contributed by atoms with Crippen LogP contribution in [-0.2, 0) is 9.59 Å². The molecule has 1 fully saturated rings. The molecule has 0 N–H and O–H groups in total. The zero-order valence-corrected chi connectivity index (χ0v) is 11.0. The molecule has 0 unspecified atom stereocenters. The Morgan fingerprint density at radius 1 is 1.35 bits per heavy atom. The molecule has 0 saturated heterocycles. The summed E-state index contributed by atoms with van der Waals surface area (Å²) >= 11 is 0. The Balaban J connectivity index is 2.46. The minimum Gasteiger partial charge on any atom is -0.295 e. The summed E-state index contributed by atoms with van der Waals surface area (Å²) in [6.45, 7) is 8.28. The molecule has 0 aromatic heterocycles. The van der Waals surface area contributed by atoms with E-state index in [1.54, 1.807) is 6.08 Å². The van der Waals surface area contributed by atoms with Gasteiger partial charge >= 0.3 is 0 Å². The molecule has 2 aliphatic rings. The van der Waals surface area contributed by atoms with Gasteiger partial charge in [0, 0.05) is 12.3 Å². The molecule has 2 aliphatic carbocycles. The topological polar surface area (TPSA) is 34.1 Å². The van der Waals surface area contributed by atoms with Crippen LogP contribution in [0.25, 0.3) is 0 Å². The molecule has 0 radical (unpaired) electrons. The van der Waals surface area contributed by atoms with Crippen molar-refractivity contribution in [2.24, 2.45) is 17.3 Å². The van der Waals surface area contributed by atoms with E-state index < -0.39 is 0 Å². The van der Waals surface area contributed by atoms with Crippen molar-refractivity contribution in [2.75, 3.05) is 0 Å². The molecule has 0 heterocycles. The number of rotatable bonds is 0. The quantitative estimate of drug-likeness (QED) is 0.601. The van der Waals surface area contributed by atoms with Gasteiger partial charge in [-0.15, -0.1) is 0 Å². The van der Waals surface area contributed by atoms with Crippen molar-refractivity contribution in [3.63, 3.8) is 0 Å². The second-order valence-corrected chi connectivity index (χ2v) is 5.89. The standard InChI is InChI=1S/C15H20O2/c1-9(2)11-8-15(4)10(3)5-6-13(16)12(15)7-14(11)17/h5-6,10,12H,7-8H2,1-4H3/t10-,12-,15+/m0/s1. The Morgan fingerprint density at radius 2 is 2.00 bits per heavy atom. The Morgan fingerprint density at radius 3 is 2.59 bits per heavy atom. The first-order chi connectivity index (χ1) is 7.86.